The maximum atomic E-state index is 5.43. The molecule has 1 aromatic heterocycles. The molecule has 0 amide bonds. The van der Waals surface area contributed by atoms with Crippen LogP contribution in [0, 0.1) is 5.92 Å². The summed E-state index contributed by atoms with van der Waals surface area (Å²) in [6, 6.07) is 2.64. The van der Waals surface area contributed by atoms with Gasteiger partial charge in [-0.15, -0.1) is 0 Å². The number of nitrogens with one attached hydrogen (secondary N) is 1. The number of aryl methyl sites for hydroxylation is 2. The lowest BCUT2D eigenvalue weighted by molar-refractivity contribution is 0.0605. The highest BCUT2D eigenvalue weighted by atomic mass is 16.5. The van der Waals surface area contributed by atoms with E-state index in [0.717, 1.165) is 25.6 Å². The van der Waals surface area contributed by atoms with Crippen LogP contribution in [0.5, 0.6) is 0 Å². The zero-order valence-electron chi connectivity index (χ0n) is 11.8. The van der Waals surface area contributed by atoms with E-state index in [0.29, 0.717) is 6.04 Å². The first kappa shape index (κ1) is 13.6. The third kappa shape index (κ3) is 3.12. The molecule has 1 fully saturated rings. The van der Waals surface area contributed by atoms with E-state index in [-0.39, 0.29) is 0 Å². The molecule has 1 aliphatic rings. The molecule has 0 aliphatic carbocycles. The first-order chi connectivity index (χ1) is 8.74. The molecule has 0 saturated carbocycles. The van der Waals surface area contributed by atoms with Crippen LogP contribution in [0.2, 0.25) is 0 Å². The average molecular weight is 251 g/mol. The third-order valence-electron chi connectivity index (χ3n) is 3.94. The molecule has 1 aliphatic heterocycles. The van der Waals surface area contributed by atoms with Gasteiger partial charge in [0.05, 0.1) is 11.4 Å². The van der Waals surface area contributed by atoms with Crippen molar-refractivity contribution < 1.29 is 4.74 Å². The van der Waals surface area contributed by atoms with Crippen LogP contribution in [0.1, 0.15) is 43.6 Å². The summed E-state index contributed by atoms with van der Waals surface area (Å²) in [6.45, 7) is 4.00. The summed E-state index contributed by atoms with van der Waals surface area (Å²) in [5.74, 6) is 0.774. The fraction of sp³-hybridized carbons (Fsp3) is 0.786. The molecule has 0 bridgehead atoms. The van der Waals surface area contributed by atoms with Gasteiger partial charge < -0.3 is 10.1 Å². The first-order valence-electron chi connectivity index (χ1n) is 7.02. The van der Waals surface area contributed by atoms with Gasteiger partial charge in [0.15, 0.2) is 0 Å². The monoisotopic (exact) mass is 251 g/mol. The summed E-state index contributed by atoms with van der Waals surface area (Å²) < 4.78 is 7.46. The van der Waals surface area contributed by atoms with Crippen LogP contribution in [-0.4, -0.2) is 30.0 Å². The van der Waals surface area contributed by atoms with E-state index in [1.807, 2.05) is 18.8 Å². The number of nitrogens with zero attached hydrogens (tertiary/aromatic N) is 2. The molecule has 102 valence electrons. The van der Waals surface area contributed by atoms with Gasteiger partial charge in [0.25, 0.3) is 0 Å². The van der Waals surface area contributed by atoms with Crippen LogP contribution < -0.4 is 5.32 Å². The van der Waals surface area contributed by atoms with E-state index in [1.54, 1.807) is 0 Å². The fourth-order valence-electron chi connectivity index (χ4n) is 2.74. The van der Waals surface area contributed by atoms with Crippen LogP contribution in [0.25, 0.3) is 0 Å². The van der Waals surface area contributed by atoms with E-state index < -0.39 is 0 Å². The van der Waals surface area contributed by atoms with Crippen molar-refractivity contribution in [3.05, 3.63) is 17.5 Å². The fourth-order valence-corrected chi connectivity index (χ4v) is 2.74. The standard InChI is InChI=1S/C14H25N3O/c1-4-12-10-14(17(3)16-12)13(15-2)9-11-5-7-18-8-6-11/h10-11,13,15H,4-9H2,1-3H3. The maximum absolute atomic E-state index is 5.43. The van der Waals surface area contributed by atoms with Crippen molar-refractivity contribution >= 4 is 0 Å². The molecule has 1 unspecified atom stereocenters. The van der Waals surface area contributed by atoms with Crippen LogP contribution in [0.4, 0.5) is 0 Å². The predicted molar refractivity (Wildman–Crippen MR) is 72.5 cm³/mol. The number of ether oxygens (including phenoxy) is 1. The van der Waals surface area contributed by atoms with Crippen molar-refractivity contribution in [2.24, 2.45) is 13.0 Å². The first-order valence-corrected chi connectivity index (χ1v) is 7.02. The molecule has 4 heteroatoms. The zero-order chi connectivity index (χ0) is 13.0. The highest BCUT2D eigenvalue weighted by Gasteiger charge is 2.21. The van der Waals surface area contributed by atoms with E-state index in [9.17, 15) is 0 Å². The van der Waals surface area contributed by atoms with Crippen molar-refractivity contribution in [3.8, 4) is 0 Å². The van der Waals surface area contributed by atoms with Crippen molar-refractivity contribution in [2.75, 3.05) is 20.3 Å². The molecule has 1 N–H and O–H groups in total. The van der Waals surface area contributed by atoms with Gasteiger partial charge in [-0.25, -0.2) is 0 Å². The van der Waals surface area contributed by atoms with Crippen LogP contribution in [-0.2, 0) is 18.2 Å². The Hall–Kier alpha value is -0.870. The van der Waals surface area contributed by atoms with E-state index in [1.165, 1.54) is 30.7 Å². The van der Waals surface area contributed by atoms with Crippen molar-refractivity contribution in [1.29, 1.82) is 0 Å². The van der Waals surface area contributed by atoms with E-state index in [2.05, 4.69) is 23.4 Å². The summed E-state index contributed by atoms with van der Waals surface area (Å²) >= 11 is 0. The quantitative estimate of drug-likeness (QED) is 0.870. The second-order valence-corrected chi connectivity index (χ2v) is 5.17. The molecule has 18 heavy (non-hydrogen) atoms. The zero-order valence-corrected chi connectivity index (χ0v) is 11.8. The van der Waals surface area contributed by atoms with Crippen LogP contribution in [0.3, 0.4) is 0 Å². The molecular weight excluding hydrogens is 226 g/mol. The normalized spacial score (nSPS) is 19.1. The minimum absolute atomic E-state index is 0.408. The van der Waals surface area contributed by atoms with E-state index in [4.69, 9.17) is 4.74 Å². The van der Waals surface area contributed by atoms with Gasteiger partial charge in [0, 0.05) is 26.3 Å². The van der Waals surface area contributed by atoms with Gasteiger partial charge in [0.2, 0.25) is 0 Å². The summed E-state index contributed by atoms with van der Waals surface area (Å²) in [5.41, 5.74) is 2.49. The maximum Gasteiger partial charge on any atom is 0.0625 e. The number of hydrogen-bond donors (Lipinski definition) is 1. The predicted octanol–water partition coefficient (Wildman–Crippen LogP) is 2.06. The Labute approximate surface area is 110 Å². The number of aromatic nitrogens is 2. The summed E-state index contributed by atoms with van der Waals surface area (Å²) in [7, 11) is 4.09. The van der Waals surface area contributed by atoms with Crippen molar-refractivity contribution in [3.63, 3.8) is 0 Å². The highest BCUT2D eigenvalue weighted by Crippen LogP contribution is 2.27. The Morgan fingerprint density at radius 3 is 2.78 bits per heavy atom. The Balaban J connectivity index is 2.04. The third-order valence-corrected chi connectivity index (χ3v) is 3.94. The van der Waals surface area contributed by atoms with Gasteiger partial charge in [-0.2, -0.15) is 5.10 Å². The number of rotatable bonds is 5. The lowest BCUT2D eigenvalue weighted by Gasteiger charge is -2.26. The van der Waals surface area contributed by atoms with Gasteiger partial charge >= 0.3 is 0 Å². The van der Waals surface area contributed by atoms with Crippen molar-refractivity contribution in [1.82, 2.24) is 15.1 Å². The molecule has 2 heterocycles. The second kappa shape index (κ2) is 6.34. The molecule has 2 rings (SSSR count). The lowest BCUT2D eigenvalue weighted by atomic mass is 9.91. The molecule has 0 aromatic carbocycles. The van der Waals surface area contributed by atoms with E-state index >= 15 is 0 Å². The smallest absolute Gasteiger partial charge is 0.0625 e. The van der Waals surface area contributed by atoms with Crippen LogP contribution >= 0.6 is 0 Å². The molecular formula is C14H25N3O. The molecule has 0 spiro atoms. The van der Waals surface area contributed by atoms with Crippen LogP contribution in [0.15, 0.2) is 6.07 Å². The Morgan fingerprint density at radius 2 is 2.22 bits per heavy atom. The Kier molecular flexibility index (Phi) is 4.78. The van der Waals surface area contributed by atoms with Gasteiger partial charge in [-0.05, 0) is 44.7 Å². The average Bonchev–Trinajstić information content (AvgIpc) is 2.78. The Morgan fingerprint density at radius 1 is 1.50 bits per heavy atom. The van der Waals surface area contributed by atoms with Gasteiger partial charge in [-0.1, -0.05) is 6.92 Å². The largest absolute Gasteiger partial charge is 0.381 e. The second-order valence-electron chi connectivity index (χ2n) is 5.17. The molecule has 1 aromatic rings. The topological polar surface area (TPSA) is 39.1 Å². The molecule has 4 nitrogen and oxygen atoms in total. The SMILES string of the molecule is CCc1cc(C(CC2CCOCC2)NC)n(C)n1. The number of hydrogen-bond acceptors (Lipinski definition) is 3. The molecule has 1 saturated heterocycles. The summed E-state index contributed by atoms with van der Waals surface area (Å²) in [4.78, 5) is 0. The summed E-state index contributed by atoms with van der Waals surface area (Å²) in [6.07, 6.45) is 4.57. The van der Waals surface area contributed by atoms with Gasteiger partial charge in [-0.3, -0.25) is 4.68 Å². The minimum atomic E-state index is 0.408. The molecule has 0 radical (unpaired) electrons. The Bertz CT molecular complexity index is 369. The van der Waals surface area contributed by atoms with Crippen molar-refractivity contribution in [2.45, 2.75) is 38.6 Å². The minimum Gasteiger partial charge on any atom is -0.381 e. The summed E-state index contributed by atoms with van der Waals surface area (Å²) in [5, 5.41) is 7.99. The van der Waals surface area contributed by atoms with Gasteiger partial charge in [0.1, 0.15) is 0 Å². The lowest BCUT2D eigenvalue weighted by Crippen LogP contribution is -2.25. The molecule has 1 atom stereocenters. The highest BCUT2D eigenvalue weighted by molar-refractivity contribution is 5.14.